The molecule has 2 N–H and O–H groups in total. The number of rotatable bonds is 3. The lowest BCUT2D eigenvalue weighted by Crippen LogP contribution is -2.45. The second kappa shape index (κ2) is 4.10. The summed E-state index contributed by atoms with van der Waals surface area (Å²) in [6.07, 6.45) is 1.32. The van der Waals surface area contributed by atoms with Gasteiger partial charge in [-0.15, -0.1) is 0 Å². The van der Waals surface area contributed by atoms with Gasteiger partial charge in [-0.3, -0.25) is 0 Å². The minimum Gasteiger partial charge on any atom is -0.369 e. The van der Waals surface area contributed by atoms with Crippen molar-refractivity contribution in [2.45, 2.75) is 38.6 Å². The first kappa shape index (κ1) is 11.5. The van der Waals surface area contributed by atoms with E-state index in [2.05, 4.69) is 49.9 Å². The number of hydrogen-bond acceptors (Lipinski definition) is 2. The first-order chi connectivity index (χ1) is 7.54. The summed E-state index contributed by atoms with van der Waals surface area (Å²) in [5.74, 6) is 0. The molecule has 2 rings (SSSR count). The van der Waals surface area contributed by atoms with Crippen LogP contribution in [0.25, 0.3) is 0 Å². The van der Waals surface area contributed by atoms with E-state index < -0.39 is 0 Å². The second-order valence-corrected chi connectivity index (χ2v) is 5.47. The van der Waals surface area contributed by atoms with Gasteiger partial charge >= 0.3 is 0 Å². The Labute approximate surface area is 98.4 Å². The topological polar surface area (TPSA) is 29.3 Å². The van der Waals surface area contributed by atoms with Crippen molar-refractivity contribution < 1.29 is 0 Å². The summed E-state index contributed by atoms with van der Waals surface area (Å²) < 4.78 is 0. The summed E-state index contributed by atoms with van der Waals surface area (Å²) in [5, 5.41) is 0. The molecule has 2 nitrogen and oxygen atoms in total. The fourth-order valence-electron chi connectivity index (χ4n) is 2.12. The predicted octanol–water partition coefficient (Wildman–Crippen LogP) is 2.52. The Morgan fingerprint density at radius 1 is 1.31 bits per heavy atom. The van der Waals surface area contributed by atoms with Crippen molar-refractivity contribution in [3.63, 3.8) is 0 Å². The molecule has 0 aliphatic carbocycles. The zero-order valence-corrected chi connectivity index (χ0v) is 10.5. The lowest BCUT2D eigenvalue weighted by molar-refractivity contribution is 0.481. The molecule has 88 valence electrons. The van der Waals surface area contributed by atoms with Crippen molar-refractivity contribution in [2.24, 2.45) is 5.73 Å². The molecular weight excluding hydrogens is 196 g/mol. The van der Waals surface area contributed by atoms with Gasteiger partial charge in [-0.2, -0.15) is 0 Å². The molecule has 1 aromatic rings. The molecule has 1 aromatic carbocycles. The minimum atomic E-state index is 0.0824. The van der Waals surface area contributed by atoms with Crippen molar-refractivity contribution >= 4 is 5.69 Å². The molecule has 1 aliphatic rings. The minimum absolute atomic E-state index is 0.0824. The summed E-state index contributed by atoms with van der Waals surface area (Å²) in [5.41, 5.74) is 8.54. The van der Waals surface area contributed by atoms with Crippen LogP contribution >= 0.6 is 0 Å². The molecule has 2 heteroatoms. The van der Waals surface area contributed by atoms with Crippen molar-refractivity contribution in [1.82, 2.24) is 0 Å². The van der Waals surface area contributed by atoms with Crippen LogP contribution in [0.15, 0.2) is 24.3 Å². The second-order valence-electron chi connectivity index (χ2n) is 5.47. The Hall–Kier alpha value is -1.02. The van der Waals surface area contributed by atoms with E-state index in [-0.39, 0.29) is 5.41 Å². The molecule has 16 heavy (non-hydrogen) atoms. The lowest BCUT2D eigenvalue weighted by Gasteiger charge is -2.41. The van der Waals surface area contributed by atoms with E-state index in [1.807, 2.05) is 0 Å². The maximum Gasteiger partial charge on any atom is 0.0368 e. The average Bonchev–Trinajstić information content (AvgIpc) is 2.28. The van der Waals surface area contributed by atoms with E-state index in [1.54, 1.807) is 0 Å². The van der Waals surface area contributed by atoms with Gasteiger partial charge in [0.15, 0.2) is 0 Å². The highest BCUT2D eigenvalue weighted by molar-refractivity contribution is 5.51. The molecule has 1 saturated heterocycles. The maximum atomic E-state index is 5.79. The zero-order valence-electron chi connectivity index (χ0n) is 10.5. The highest BCUT2D eigenvalue weighted by atomic mass is 15.2. The molecule has 0 spiro atoms. The van der Waals surface area contributed by atoms with Crippen LogP contribution in [0.2, 0.25) is 0 Å². The third kappa shape index (κ3) is 1.94. The number of benzene rings is 1. The van der Waals surface area contributed by atoms with Crippen LogP contribution in [0, 0.1) is 0 Å². The molecule has 0 bridgehead atoms. The van der Waals surface area contributed by atoms with Crippen molar-refractivity contribution in [3.05, 3.63) is 29.8 Å². The predicted molar refractivity (Wildman–Crippen MR) is 69.9 cm³/mol. The fraction of sp³-hybridized carbons (Fsp3) is 0.571. The van der Waals surface area contributed by atoms with E-state index in [0.717, 1.165) is 0 Å². The molecule has 0 radical (unpaired) electrons. The summed E-state index contributed by atoms with van der Waals surface area (Å²) in [7, 11) is 0. The molecule has 1 aliphatic heterocycles. The van der Waals surface area contributed by atoms with Crippen molar-refractivity contribution in [1.29, 1.82) is 0 Å². The van der Waals surface area contributed by atoms with Gasteiger partial charge in [0.2, 0.25) is 0 Å². The van der Waals surface area contributed by atoms with Crippen LogP contribution < -0.4 is 10.6 Å². The monoisotopic (exact) mass is 218 g/mol. The SMILES string of the molecule is CC1CCN1c1ccc(C(C)(C)CN)cc1. The van der Waals surface area contributed by atoms with Gasteiger partial charge < -0.3 is 10.6 Å². The van der Waals surface area contributed by atoms with Crippen LogP contribution in [-0.2, 0) is 5.41 Å². The molecule has 1 heterocycles. The normalized spacial score (nSPS) is 20.8. The molecule has 0 saturated carbocycles. The third-order valence-corrected chi connectivity index (χ3v) is 3.81. The van der Waals surface area contributed by atoms with Crippen LogP contribution in [0.4, 0.5) is 5.69 Å². The molecule has 0 aromatic heterocycles. The number of hydrogen-bond donors (Lipinski definition) is 1. The first-order valence-electron chi connectivity index (χ1n) is 6.12. The van der Waals surface area contributed by atoms with E-state index in [1.165, 1.54) is 24.2 Å². The Balaban J connectivity index is 2.16. The van der Waals surface area contributed by atoms with E-state index in [9.17, 15) is 0 Å². The smallest absolute Gasteiger partial charge is 0.0368 e. The van der Waals surface area contributed by atoms with E-state index in [0.29, 0.717) is 12.6 Å². The maximum absolute atomic E-state index is 5.79. The van der Waals surface area contributed by atoms with Gasteiger partial charge in [0.1, 0.15) is 0 Å². The first-order valence-corrected chi connectivity index (χ1v) is 6.12. The highest BCUT2D eigenvalue weighted by Gasteiger charge is 2.24. The lowest BCUT2D eigenvalue weighted by atomic mass is 9.84. The Morgan fingerprint density at radius 3 is 2.31 bits per heavy atom. The van der Waals surface area contributed by atoms with Crippen LogP contribution in [-0.4, -0.2) is 19.1 Å². The zero-order chi connectivity index (χ0) is 11.8. The van der Waals surface area contributed by atoms with E-state index >= 15 is 0 Å². The van der Waals surface area contributed by atoms with Crippen LogP contribution in [0.3, 0.4) is 0 Å². The van der Waals surface area contributed by atoms with E-state index in [4.69, 9.17) is 5.73 Å². The van der Waals surface area contributed by atoms with Gasteiger partial charge in [0.25, 0.3) is 0 Å². The van der Waals surface area contributed by atoms with Crippen LogP contribution in [0.1, 0.15) is 32.8 Å². The molecule has 1 atom stereocenters. The number of anilines is 1. The summed E-state index contributed by atoms with van der Waals surface area (Å²) in [6, 6.07) is 9.58. The molecule has 1 fully saturated rings. The quantitative estimate of drug-likeness (QED) is 0.844. The average molecular weight is 218 g/mol. The summed E-state index contributed by atoms with van der Waals surface area (Å²) in [4.78, 5) is 2.44. The Bertz CT molecular complexity index is 354. The Morgan fingerprint density at radius 2 is 1.94 bits per heavy atom. The van der Waals surface area contributed by atoms with Crippen molar-refractivity contribution in [3.8, 4) is 0 Å². The van der Waals surface area contributed by atoms with Gasteiger partial charge in [-0.1, -0.05) is 26.0 Å². The van der Waals surface area contributed by atoms with Gasteiger partial charge in [0, 0.05) is 30.2 Å². The highest BCUT2D eigenvalue weighted by Crippen LogP contribution is 2.29. The molecular formula is C14H22N2. The van der Waals surface area contributed by atoms with Crippen molar-refractivity contribution in [2.75, 3.05) is 18.0 Å². The Kier molecular flexibility index (Phi) is 2.94. The van der Waals surface area contributed by atoms with Gasteiger partial charge in [-0.05, 0) is 31.0 Å². The number of nitrogens with zero attached hydrogens (tertiary/aromatic N) is 1. The van der Waals surface area contributed by atoms with Crippen LogP contribution in [0.5, 0.6) is 0 Å². The van der Waals surface area contributed by atoms with Gasteiger partial charge in [-0.25, -0.2) is 0 Å². The summed E-state index contributed by atoms with van der Waals surface area (Å²) >= 11 is 0. The molecule has 0 amide bonds. The fourth-order valence-corrected chi connectivity index (χ4v) is 2.12. The van der Waals surface area contributed by atoms with Gasteiger partial charge in [0.05, 0.1) is 0 Å². The number of nitrogens with two attached hydrogens (primary N) is 1. The standard InChI is InChI=1S/C14H22N2/c1-11-8-9-16(11)13-6-4-12(5-7-13)14(2,3)10-15/h4-7,11H,8-10,15H2,1-3H3. The summed E-state index contributed by atoms with van der Waals surface area (Å²) in [6.45, 7) is 8.54. The third-order valence-electron chi connectivity index (χ3n) is 3.81. The largest absolute Gasteiger partial charge is 0.369 e. The molecule has 1 unspecified atom stereocenters.